The first-order chi connectivity index (χ1) is 16.8. The monoisotopic (exact) mass is 509 g/mol. The summed E-state index contributed by atoms with van der Waals surface area (Å²) in [6, 6.07) is -4.14. The molecule has 14 nitrogen and oxygen atoms in total. The summed E-state index contributed by atoms with van der Waals surface area (Å²) in [5.41, 5.74) is 17.3. The summed E-state index contributed by atoms with van der Waals surface area (Å²) in [5, 5.41) is 17.1. The van der Waals surface area contributed by atoms with Crippen LogP contribution in [0.3, 0.4) is 0 Å². The summed E-state index contributed by atoms with van der Waals surface area (Å²) in [5.74, 6) is -3.83. The summed E-state index contributed by atoms with van der Waals surface area (Å²) in [4.78, 5) is 60.8. The van der Waals surface area contributed by atoms with Crippen LogP contribution in [0.25, 0.3) is 0 Å². The van der Waals surface area contributed by atoms with Gasteiger partial charge in [-0.2, -0.15) is 0 Å². The van der Waals surface area contributed by atoms with Crippen LogP contribution in [0, 0.1) is 11.8 Å². The van der Waals surface area contributed by atoms with Crippen LogP contribution in [0.2, 0.25) is 0 Å². The number of carboxylic acid groups (broad SMARTS) is 1. The molecule has 0 bridgehead atoms. The Hall–Kier alpha value is -3.68. The first kappa shape index (κ1) is 30.4. The van der Waals surface area contributed by atoms with Gasteiger partial charge in [0.2, 0.25) is 17.7 Å². The van der Waals surface area contributed by atoms with Crippen LogP contribution < -0.4 is 33.2 Å². The molecule has 0 fully saturated rings. The number of H-pyrrole nitrogens is 1. The fourth-order valence-corrected chi connectivity index (χ4v) is 3.32. The van der Waals surface area contributed by atoms with E-state index in [9.17, 15) is 24.3 Å². The van der Waals surface area contributed by atoms with Gasteiger partial charge in [0.05, 0.1) is 12.4 Å². The summed E-state index contributed by atoms with van der Waals surface area (Å²) < 4.78 is 0. The molecule has 0 spiro atoms. The highest BCUT2D eigenvalue weighted by Gasteiger charge is 2.32. The Morgan fingerprint density at radius 2 is 1.61 bits per heavy atom. The summed E-state index contributed by atoms with van der Waals surface area (Å²) in [7, 11) is 0. The Kier molecular flexibility index (Phi) is 12.4. The first-order valence-electron chi connectivity index (χ1n) is 11.8. The van der Waals surface area contributed by atoms with Gasteiger partial charge in [-0.25, -0.2) is 9.78 Å². The van der Waals surface area contributed by atoms with E-state index in [0.717, 1.165) is 0 Å². The van der Waals surface area contributed by atoms with E-state index < -0.39 is 47.9 Å². The van der Waals surface area contributed by atoms with E-state index in [2.05, 4.69) is 30.9 Å². The number of guanidine groups is 1. The molecule has 0 saturated heterocycles. The molecule has 1 heterocycles. The average Bonchev–Trinajstić information content (AvgIpc) is 3.29. The molecular formula is C22H39N9O5. The number of aromatic nitrogens is 2. The second-order valence-electron chi connectivity index (χ2n) is 9.20. The molecule has 3 amide bonds. The summed E-state index contributed by atoms with van der Waals surface area (Å²) >= 11 is 0. The zero-order chi connectivity index (χ0) is 27.4. The van der Waals surface area contributed by atoms with Gasteiger partial charge in [0, 0.05) is 24.9 Å². The molecule has 0 aliphatic heterocycles. The molecule has 0 saturated carbocycles. The van der Waals surface area contributed by atoms with Crippen LogP contribution in [0.1, 0.15) is 46.2 Å². The van der Waals surface area contributed by atoms with Crippen LogP contribution in [0.5, 0.6) is 0 Å². The maximum Gasteiger partial charge on any atom is 0.326 e. The van der Waals surface area contributed by atoms with Crippen LogP contribution in [0.15, 0.2) is 17.5 Å². The fourth-order valence-electron chi connectivity index (χ4n) is 3.32. The topological polar surface area (TPSA) is 244 Å². The fraction of sp³-hybridized carbons (Fsp3) is 0.636. The van der Waals surface area contributed by atoms with E-state index in [0.29, 0.717) is 12.1 Å². The lowest BCUT2D eigenvalue weighted by atomic mass is 9.99. The van der Waals surface area contributed by atoms with E-state index >= 15 is 0 Å². The second-order valence-corrected chi connectivity index (χ2v) is 9.20. The Balaban J connectivity index is 2.97. The highest BCUT2D eigenvalue weighted by Crippen LogP contribution is 2.09. The molecule has 11 N–H and O–H groups in total. The number of amides is 3. The number of rotatable bonds is 15. The second kappa shape index (κ2) is 14.7. The van der Waals surface area contributed by atoms with Crippen molar-refractivity contribution in [3.8, 4) is 0 Å². The molecular weight excluding hydrogens is 470 g/mol. The van der Waals surface area contributed by atoms with Gasteiger partial charge in [0.1, 0.15) is 18.1 Å². The van der Waals surface area contributed by atoms with Crippen LogP contribution in [-0.4, -0.2) is 75.4 Å². The number of nitrogens with zero attached hydrogens (tertiary/aromatic N) is 2. The number of imidazole rings is 1. The van der Waals surface area contributed by atoms with Crippen molar-refractivity contribution < 1.29 is 24.3 Å². The predicted octanol–water partition coefficient (Wildman–Crippen LogP) is -1.82. The number of nitrogens with one attached hydrogen (secondary N) is 4. The molecule has 4 unspecified atom stereocenters. The molecule has 0 aromatic carbocycles. The van der Waals surface area contributed by atoms with Crippen molar-refractivity contribution in [3.63, 3.8) is 0 Å². The maximum atomic E-state index is 13.2. The van der Waals surface area contributed by atoms with Gasteiger partial charge in [0.25, 0.3) is 0 Å². The van der Waals surface area contributed by atoms with Crippen LogP contribution in [-0.2, 0) is 25.6 Å². The normalized spacial score (nSPS) is 14.4. The molecule has 1 aromatic rings. The molecule has 1 rings (SSSR count). The van der Waals surface area contributed by atoms with Crippen molar-refractivity contribution >= 4 is 29.7 Å². The van der Waals surface area contributed by atoms with E-state index in [1.165, 1.54) is 6.33 Å². The standard InChI is InChI=1S/C22H39N9O5/c1-11(2)16(20(34)31-17(12(3)4)21(35)36)30-19(33)15(6-5-7-27-22(24)25)29-18(32)14(23)8-13-9-26-10-28-13/h9-12,14-17H,5-8,23H2,1-4H3,(H,26,28)(H,29,32)(H,30,33)(H,31,34)(H,35,36)(H4,24,25,27). The molecule has 0 radical (unpaired) electrons. The van der Waals surface area contributed by atoms with Gasteiger partial charge in [0.15, 0.2) is 5.96 Å². The molecule has 14 heteroatoms. The lowest BCUT2D eigenvalue weighted by Gasteiger charge is -2.27. The third-order valence-electron chi connectivity index (χ3n) is 5.39. The van der Waals surface area contributed by atoms with Crippen molar-refractivity contribution in [2.45, 2.75) is 71.1 Å². The molecule has 0 aliphatic rings. The van der Waals surface area contributed by atoms with Crippen LogP contribution >= 0.6 is 0 Å². The van der Waals surface area contributed by atoms with Crippen molar-refractivity contribution in [2.24, 2.45) is 34.0 Å². The minimum absolute atomic E-state index is 0.101. The number of carboxylic acids is 1. The van der Waals surface area contributed by atoms with E-state index in [4.69, 9.17) is 17.2 Å². The highest BCUT2D eigenvalue weighted by molar-refractivity contribution is 5.94. The third kappa shape index (κ3) is 10.3. The number of aromatic amines is 1. The Morgan fingerprint density at radius 3 is 2.11 bits per heavy atom. The molecule has 0 aliphatic carbocycles. The Labute approximate surface area is 210 Å². The summed E-state index contributed by atoms with van der Waals surface area (Å²) in [6.07, 6.45) is 3.71. The average molecular weight is 510 g/mol. The van der Waals surface area contributed by atoms with Gasteiger partial charge in [-0.05, 0) is 24.7 Å². The zero-order valence-corrected chi connectivity index (χ0v) is 21.2. The van der Waals surface area contributed by atoms with E-state index in [1.54, 1.807) is 33.9 Å². The van der Waals surface area contributed by atoms with Gasteiger partial charge >= 0.3 is 5.97 Å². The first-order valence-corrected chi connectivity index (χ1v) is 11.8. The van der Waals surface area contributed by atoms with Crippen molar-refractivity contribution in [3.05, 3.63) is 18.2 Å². The predicted molar refractivity (Wildman–Crippen MR) is 133 cm³/mol. The number of hydrogen-bond donors (Lipinski definition) is 8. The molecule has 202 valence electrons. The van der Waals surface area contributed by atoms with Gasteiger partial charge in [-0.3, -0.25) is 19.4 Å². The van der Waals surface area contributed by atoms with Crippen molar-refractivity contribution in [1.82, 2.24) is 25.9 Å². The van der Waals surface area contributed by atoms with Gasteiger partial charge in [-0.1, -0.05) is 27.7 Å². The zero-order valence-electron chi connectivity index (χ0n) is 21.2. The van der Waals surface area contributed by atoms with Crippen LogP contribution in [0.4, 0.5) is 0 Å². The van der Waals surface area contributed by atoms with Gasteiger partial charge in [-0.15, -0.1) is 0 Å². The number of aliphatic imine (C=N–C) groups is 1. The van der Waals surface area contributed by atoms with Gasteiger partial charge < -0.3 is 43.2 Å². The quantitative estimate of drug-likeness (QED) is 0.0752. The molecule has 36 heavy (non-hydrogen) atoms. The van der Waals surface area contributed by atoms with E-state index in [-0.39, 0.29) is 37.2 Å². The Morgan fingerprint density at radius 1 is 1.00 bits per heavy atom. The van der Waals surface area contributed by atoms with Crippen molar-refractivity contribution in [2.75, 3.05) is 6.54 Å². The van der Waals surface area contributed by atoms with Crippen molar-refractivity contribution in [1.29, 1.82) is 0 Å². The largest absolute Gasteiger partial charge is 0.480 e. The minimum atomic E-state index is -1.18. The highest BCUT2D eigenvalue weighted by atomic mass is 16.4. The van der Waals surface area contributed by atoms with E-state index in [1.807, 2.05) is 0 Å². The molecule has 1 aromatic heterocycles. The smallest absolute Gasteiger partial charge is 0.326 e. The number of aliphatic carboxylic acids is 1. The summed E-state index contributed by atoms with van der Waals surface area (Å²) in [6.45, 7) is 6.98. The maximum absolute atomic E-state index is 13.2. The number of carbonyl (C=O) groups excluding carboxylic acids is 3. The third-order valence-corrected chi connectivity index (χ3v) is 5.39. The lowest BCUT2D eigenvalue weighted by Crippen LogP contribution is -2.59. The molecule has 4 atom stereocenters. The number of carbonyl (C=O) groups is 4. The SMILES string of the molecule is CC(C)C(NC(=O)C(NC(=O)C(CCCN=C(N)N)NC(=O)C(N)Cc1cnc[nH]1)C(C)C)C(=O)O. The minimum Gasteiger partial charge on any atom is -0.480 e. The number of hydrogen-bond acceptors (Lipinski definition) is 7. The Bertz CT molecular complexity index is 898. The lowest BCUT2D eigenvalue weighted by molar-refractivity contribution is -0.143. The number of nitrogens with two attached hydrogens (primary N) is 3.